The van der Waals surface area contributed by atoms with Crippen LogP contribution in [0.25, 0.3) is 11.5 Å². The van der Waals surface area contributed by atoms with E-state index in [1.807, 2.05) is 18.2 Å². The van der Waals surface area contributed by atoms with Gasteiger partial charge in [0.15, 0.2) is 5.69 Å². The Morgan fingerprint density at radius 3 is 2.23 bits per heavy atom. The SMILES string of the molecule is O=C(Cc1ccc(Oc2ccccc2)nc1)c1oc(-c2ccccc2)nc1C(F)(F)F. The third-order valence-electron chi connectivity index (χ3n) is 4.30. The summed E-state index contributed by atoms with van der Waals surface area (Å²) in [5.41, 5.74) is -0.583. The van der Waals surface area contributed by atoms with Crippen molar-refractivity contribution in [1.29, 1.82) is 0 Å². The summed E-state index contributed by atoms with van der Waals surface area (Å²) >= 11 is 0. The van der Waals surface area contributed by atoms with E-state index >= 15 is 0 Å². The molecule has 0 saturated heterocycles. The number of halogens is 3. The molecular weight excluding hydrogens is 409 g/mol. The lowest BCUT2D eigenvalue weighted by molar-refractivity contribution is -0.141. The van der Waals surface area contributed by atoms with Crippen LogP contribution < -0.4 is 4.74 Å². The van der Waals surface area contributed by atoms with Crippen molar-refractivity contribution in [3.63, 3.8) is 0 Å². The monoisotopic (exact) mass is 424 g/mol. The molecule has 0 unspecified atom stereocenters. The van der Waals surface area contributed by atoms with E-state index < -0.39 is 23.4 Å². The molecule has 0 amide bonds. The lowest BCUT2D eigenvalue weighted by Gasteiger charge is -2.06. The number of carbonyl (C=O) groups excluding carboxylic acids is 1. The summed E-state index contributed by atoms with van der Waals surface area (Å²) in [6.45, 7) is 0. The number of alkyl halides is 3. The molecule has 4 aromatic rings. The molecule has 0 saturated carbocycles. The van der Waals surface area contributed by atoms with E-state index in [-0.39, 0.29) is 12.3 Å². The highest BCUT2D eigenvalue weighted by Crippen LogP contribution is 2.35. The molecule has 2 aromatic carbocycles. The highest BCUT2D eigenvalue weighted by atomic mass is 19.4. The Balaban J connectivity index is 1.54. The fourth-order valence-corrected chi connectivity index (χ4v) is 2.86. The van der Waals surface area contributed by atoms with Gasteiger partial charge in [0.1, 0.15) is 5.75 Å². The van der Waals surface area contributed by atoms with E-state index in [0.29, 0.717) is 22.8 Å². The maximum Gasteiger partial charge on any atom is 0.437 e. The van der Waals surface area contributed by atoms with E-state index in [9.17, 15) is 18.0 Å². The highest BCUT2D eigenvalue weighted by molar-refractivity contribution is 5.96. The molecule has 5 nitrogen and oxygen atoms in total. The number of para-hydroxylation sites is 1. The van der Waals surface area contributed by atoms with Crippen LogP contribution in [0.15, 0.2) is 83.4 Å². The van der Waals surface area contributed by atoms with Crippen molar-refractivity contribution in [3.05, 3.63) is 96.0 Å². The number of pyridine rings is 1. The molecule has 8 heteroatoms. The number of hydrogen-bond donors (Lipinski definition) is 0. The topological polar surface area (TPSA) is 65.2 Å². The number of oxazole rings is 1. The number of aromatic nitrogens is 2. The molecule has 0 N–H and O–H groups in total. The number of ether oxygens (including phenoxy) is 1. The first-order valence-electron chi connectivity index (χ1n) is 9.24. The van der Waals surface area contributed by atoms with Crippen molar-refractivity contribution < 1.29 is 27.1 Å². The van der Waals surface area contributed by atoms with Gasteiger partial charge >= 0.3 is 6.18 Å². The molecule has 0 bridgehead atoms. The maximum absolute atomic E-state index is 13.4. The van der Waals surface area contributed by atoms with Crippen molar-refractivity contribution in [3.8, 4) is 23.1 Å². The Bertz CT molecular complexity index is 1170. The fourth-order valence-electron chi connectivity index (χ4n) is 2.86. The van der Waals surface area contributed by atoms with Gasteiger partial charge < -0.3 is 9.15 Å². The number of rotatable bonds is 6. The van der Waals surface area contributed by atoms with Gasteiger partial charge in [-0.25, -0.2) is 9.97 Å². The summed E-state index contributed by atoms with van der Waals surface area (Å²) in [7, 11) is 0. The van der Waals surface area contributed by atoms with E-state index in [0.717, 1.165) is 0 Å². The zero-order valence-electron chi connectivity index (χ0n) is 16.0. The van der Waals surface area contributed by atoms with Crippen LogP contribution in [0.1, 0.15) is 21.8 Å². The van der Waals surface area contributed by atoms with Gasteiger partial charge in [-0.05, 0) is 29.8 Å². The van der Waals surface area contributed by atoms with E-state index in [2.05, 4.69) is 9.97 Å². The summed E-state index contributed by atoms with van der Waals surface area (Å²) in [5, 5.41) is 0. The molecule has 156 valence electrons. The lowest BCUT2D eigenvalue weighted by Crippen LogP contribution is -2.13. The first-order chi connectivity index (χ1) is 14.9. The second kappa shape index (κ2) is 8.43. The van der Waals surface area contributed by atoms with E-state index in [1.54, 1.807) is 48.5 Å². The molecule has 31 heavy (non-hydrogen) atoms. The number of nitrogens with zero attached hydrogens (tertiary/aromatic N) is 2. The van der Waals surface area contributed by atoms with E-state index in [1.165, 1.54) is 12.3 Å². The quantitative estimate of drug-likeness (QED) is 0.357. The van der Waals surface area contributed by atoms with Crippen molar-refractivity contribution in [2.45, 2.75) is 12.6 Å². The fraction of sp³-hybridized carbons (Fsp3) is 0.0870. The predicted molar refractivity (Wildman–Crippen MR) is 106 cm³/mol. The Labute approximate surface area is 175 Å². The Morgan fingerprint density at radius 2 is 1.61 bits per heavy atom. The minimum absolute atomic E-state index is 0.263. The summed E-state index contributed by atoms with van der Waals surface area (Å²) in [6, 6.07) is 20.2. The van der Waals surface area contributed by atoms with Gasteiger partial charge in [-0.15, -0.1) is 0 Å². The van der Waals surface area contributed by atoms with Gasteiger partial charge in [0.25, 0.3) is 0 Å². The van der Waals surface area contributed by atoms with Crippen LogP contribution in [0.2, 0.25) is 0 Å². The van der Waals surface area contributed by atoms with Crippen molar-refractivity contribution in [2.75, 3.05) is 0 Å². The van der Waals surface area contributed by atoms with Crippen LogP contribution >= 0.6 is 0 Å². The first kappa shape index (κ1) is 20.3. The van der Waals surface area contributed by atoms with Crippen LogP contribution in [0.5, 0.6) is 11.6 Å². The van der Waals surface area contributed by atoms with Gasteiger partial charge in [0.05, 0.1) is 0 Å². The van der Waals surface area contributed by atoms with Gasteiger partial charge in [-0.1, -0.05) is 42.5 Å². The summed E-state index contributed by atoms with van der Waals surface area (Å²) < 4.78 is 51.1. The largest absolute Gasteiger partial charge is 0.439 e. The summed E-state index contributed by atoms with van der Waals surface area (Å²) in [6.07, 6.45) is -3.78. The summed E-state index contributed by atoms with van der Waals surface area (Å²) in [5.74, 6) is -1.05. The molecule has 2 heterocycles. The molecule has 0 radical (unpaired) electrons. The normalized spacial score (nSPS) is 11.3. The van der Waals surface area contributed by atoms with Gasteiger partial charge in [-0.2, -0.15) is 13.2 Å². The zero-order valence-corrected chi connectivity index (χ0v) is 16.0. The van der Waals surface area contributed by atoms with Crippen LogP contribution in [0, 0.1) is 0 Å². The van der Waals surface area contributed by atoms with Crippen molar-refractivity contribution in [2.24, 2.45) is 0 Å². The minimum Gasteiger partial charge on any atom is -0.439 e. The molecule has 0 aliphatic rings. The van der Waals surface area contributed by atoms with Crippen molar-refractivity contribution >= 4 is 5.78 Å². The maximum atomic E-state index is 13.4. The number of hydrogen-bond acceptors (Lipinski definition) is 5. The second-order valence-electron chi connectivity index (χ2n) is 6.58. The number of benzene rings is 2. The first-order valence-corrected chi connectivity index (χ1v) is 9.24. The van der Waals surface area contributed by atoms with Gasteiger partial charge in [0.2, 0.25) is 23.3 Å². The van der Waals surface area contributed by atoms with Crippen molar-refractivity contribution in [1.82, 2.24) is 9.97 Å². The molecule has 0 atom stereocenters. The highest BCUT2D eigenvalue weighted by Gasteiger charge is 2.41. The van der Waals surface area contributed by atoms with Crippen LogP contribution in [0.3, 0.4) is 0 Å². The Hall–Kier alpha value is -3.94. The van der Waals surface area contributed by atoms with Crippen LogP contribution in [-0.4, -0.2) is 15.8 Å². The van der Waals surface area contributed by atoms with Crippen LogP contribution in [-0.2, 0) is 12.6 Å². The van der Waals surface area contributed by atoms with Gasteiger partial charge in [-0.3, -0.25) is 4.79 Å². The molecule has 2 aromatic heterocycles. The van der Waals surface area contributed by atoms with E-state index in [4.69, 9.17) is 9.15 Å². The minimum atomic E-state index is -4.83. The lowest BCUT2D eigenvalue weighted by atomic mass is 10.1. The third-order valence-corrected chi connectivity index (χ3v) is 4.30. The zero-order chi connectivity index (χ0) is 21.8. The summed E-state index contributed by atoms with van der Waals surface area (Å²) in [4.78, 5) is 20.2. The second-order valence-corrected chi connectivity index (χ2v) is 6.58. The van der Waals surface area contributed by atoms with Gasteiger partial charge in [0, 0.05) is 24.2 Å². The molecule has 4 rings (SSSR count). The standard InChI is InChI=1S/C23H15F3N2O3/c24-23(25,26)21-20(31-22(28-21)16-7-3-1-4-8-16)18(29)13-15-11-12-19(27-14-15)30-17-9-5-2-6-10-17/h1-12,14H,13H2. The average Bonchev–Trinajstić information content (AvgIpc) is 3.23. The number of carbonyl (C=O) groups is 1. The number of Topliss-reactive ketones (excluding diaryl/α,β-unsaturated/α-hetero) is 1. The molecule has 0 aliphatic heterocycles. The predicted octanol–water partition coefficient (Wildman–Crippen LogP) is 5.97. The molecule has 0 spiro atoms. The molecule has 0 aliphatic carbocycles. The molecular formula is C23H15F3N2O3. The Morgan fingerprint density at radius 1 is 0.935 bits per heavy atom. The Kier molecular flexibility index (Phi) is 5.53. The smallest absolute Gasteiger partial charge is 0.437 e. The average molecular weight is 424 g/mol. The number of ketones is 1. The van der Waals surface area contributed by atoms with Crippen LogP contribution in [0.4, 0.5) is 13.2 Å². The molecule has 0 fully saturated rings. The third kappa shape index (κ3) is 4.80.